The molecule has 2 N–H and O–H groups in total. The summed E-state index contributed by atoms with van der Waals surface area (Å²) >= 11 is 2.15. The van der Waals surface area contributed by atoms with Gasteiger partial charge in [-0.15, -0.1) is 12.4 Å². The quantitative estimate of drug-likeness (QED) is 0.401. The Balaban J connectivity index is 0.00000261. The van der Waals surface area contributed by atoms with Gasteiger partial charge in [0.2, 0.25) is 0 Å². The van der Waals surface area contributed by atoms with Crippen LogP contribution < -0.4 is 10.7 Å². The summed E-state index contributed by atoms with van der Waals surface area (Å²) < 4.78 is 0.866. The highest BCUT2D eigenvalue weighted by Crippen LogP contribution is 2.21. The maximum Gasteiger partial charge on any atom is 0.253 e. The van der Waals surface area contributed by atoms with Gasteiger partial charge in [0.05, 0.1) is 11.1 Å². The predicted molar refractivity (Wildman–Crippen MR) is 122 cm³/mol. The van der Waals surface area contributed by atoms with Gasteiger partial charge < -0.3 is 15.2 Å². The second-order valence-electron chi connectivity index (χ2n) is 6.16. The zero-order chi connectivity index (χ0) is 18.7. The maximum atomic E-state index is 12.8. The average Bonchev–Trinajstić information content (AvgIpc) is 2.65. The predicted octanol–water partition coefficient (Wildman–Crippen LogP) is 3.78. The van der Waals surface area contributed by atoms with E-state index in [9.17, 15) is 9.59 Å². The van der Waals surface area contributed by atoms with Crippen molar-refractivity contribution in [3.63, 3.8) is 0 Å². The van der Waals surface area contributed by atoms with Crippen molar-refractivity contribution in [1.29, 1.82) is 0 Å². The van der Waals surface area contributed by atoms with Crippen molar-refractivity contribution in [2.24, 2.45) is 0 Å². The molecule has 3 rings (SSSR count). The van der Waals surface area contributed by atoms with E-state index in [0.29, 0.717) is 28.4 Å². The lowest BCUT2D eigenvalue weighted by Gasteiger charge is -2.18. The number of halogens is 2. The number of carbonyl (C=O) groups is 1. The first-order valence-electron chi connectivity index (χ1n) is 8.80. The molecule has 0 saturated carbocycles. The van der Waals surface area contributed by atoms with Gasteiger partial charge in [-0.1, -0.05) is 26.0 Å². The van der Waals surface area contributed by atoms with Crippen molar-refractivity contribution in [1.82, 2.24) is 15.2 Å². The normalized spacial score (nSPS) is 11.0. The Bertz CT molecular complexity index is 1020. The van der Waals surface area contributed by atoms with Gasteiger partial charge in [-0.25, -0.2) is 0 Å². The summed E-state index contributed by atoms with van der Waals surface area (Å²) in [5, 5.41) is 4.16. The molecule has 0 aliphatic rings. The first kappa shape index (κ1) is 21.7. The molecule has 0 fully saturated rings. The minimum Gasteiger partial charge on any atom is -0.354 e. The first-order valence-corrected chi connectivity index (χ1v) is 9.87. The van der Waals surface area contributed by atoms with E-state index in [-0.39, 0.29) is 23.7 Å². The fourth-order valence-electron chi connectivity index (χ4n) is 3.13. The third-order valence-corrected chi connectivity index (χ3v) is 5.25. The standard InChI is InChI=1S/C20H22IN3O2.ClH/c1-3-24(4-2)10-9-22-20(26)16-12-13(21)11-15-18(16)23-17-8-6-5-7-14(17)19(15)25;/h5-8,11-12H,3-4,9-10H2,1-2H3,(H,22,26)(H,23,25);1H. The molecule has 0 spiro atoms. The van der Waals surface area contributed by atoms with Crippen LogP contribution in [0.5, 0.6) is 0 Å². The summed E-state index contributed by atoms with van der Waals surface area (Å²) in [6.07, 6.45) is 0. The molecule has 0 atom stereocenters. The van der Waals surface area contributed by atoms with Crippen LogP contribution in [0.2, 0.25) is 0 Å². The van der Waals surface area contributed by atoms with Gasteiger partial charge in [-0.05, 0) is 59.9 Å². The molecular formula is C20H23ClIN3O2. The van der Waals surface area contributed by atoms with E-state index in [1.54, 1.807) is 6.07 Å². The lowest BCUT2D eigenvalue weighted by molar-refractivity contribution is 0.0950. The van der Waals surface area contributed by atoms with E-state index < -0.39 is 0 Å². The Morgan fingerprint density at radius 2 is 1.85 bits per heavy atom. The lowest BCUT2D eigenvalue weighted by Crippen LogP contribution is -2.35. The van der Waals surface area contributed by atoms with Gasteiger partial charge in [-0.3, -0.25) is 9.59 Å². The molecule has 7 heteroatoms. The number of para-hydroxylation sites is 1. The summed E-state index contributed by atoms with van der Waals surface area (Å²) in [6, 6.07) is 11.0. The maximum absolute atomic E-state index is 12.8. The smallest absolute Gasteiger partial charge is 0.253 e. The van der Waals surface area contributed by atoms with Crippen LogP contribution in [0.15, 0.2) is 41.2 Å². The first-order chi connectivity index (χ1) is 12.5. The second kappa shape index (κ2) is 9.52. The van der Waals surface area contributed by atoms with Crippen LogP contribution in [-0.4, -0.2) is 42.0 Å². The molecule has 0 unspecified atom stereocenters. The zero-order valence-electron chi connectivity index (χ0n) is 15.3. The van der Waals surface area contributed by atoms with Crippen LogP contribution in [-0.2, 0) is 0 Å². The van der Waals surface area contributed by atoms with Gasteiger partial charge in [0, 0.05) is 32.9 Å². The average molecular weight is 500 g/mol. The molecule has 0 radical (unpaired) electrons. The number of fused-ring (bicyclic) bond motifs is 2. The van der Waals surface area contributed by atoms with Gasteiger partial charge in [0.15, 0.2) is 5.43 Å². The van der Waals surface area contributed by atoms with Crippen molar-refractivity contribution >= 4 is 62.7 Å². The fraction of sp³-hybridized carbons (Fsp3) is 0.300. The number of rotatable bonds is 6. The van der Waals surface area contributed by atoms with E-state index in [0.717, 1.165) is 28.7 Å². The number of carbonyl (C=O) groups excluding carboxylic acids is 1. The lowest BCUT2D eigenvalue weighted by atomic mass is 10.1. The van der Waals surface area contributed by atoms with Crippen molar-refractivity contribution in [3.05, 3.63) is 55.8 Å². The molecule has 0 aliphatic heterocycles. The van der Waals surface area contributed by atoms with Crippen LogP contribution >= 0.6 is 35.0 Å². The van der Waals surface area contributed by atoms with Gasteiger partial charge in [-0.2, -0.15) is 0 Å². The van der Waals surface area contributed by atoms with Crippen LogP contribution in [0.3, 0.4) is 0 Å². The van der Waals surface area contributed by atoms with Gasteiger partial charge >= 0.3 is 0 Å². The summed E-state index contributed by atoms with van der Waals surface area (Å²) in [4.78, 5) is 31.1. The monoisotopic (exact) mass is 499 g/mol. The Kier molecular flexibility index (Phi) is 7.64. The molecule has 0 bridgehead atoms. The molecular weight excluding hydrogens is 477 g/mol. The highest BCUT2D eigenvalue weighted by molar-refractivity contribution is 14.1. The van der Waals surface area contributed by atoms with Crippen LogP contribution in [0, 0.1) is 3.57 Å². The molecule has 3 aromatic rings. The number of nitrogens with zero attached hydrogens (tertiary/aromatic N) is 1. The Labute approximate surface area is 178 Å². The summed E-state index contributed by atoms with van der Waals surface area (Å²) in [6.45, 7) is 7.50. The molecule has 0 saturated heterocycles. The number of H-pyrrole nitrogens is 1. The number of hydrogen-bond donors (Lipinski definition) is 2. The van der Waals surface area contributed by atoms with E-state index in [2.05, 4.69) is 51.6 Å². The molecule has 144 valence electrons. The molecule has 5 nitrogen and oxygen atoms in total. The number of benzene rings is 2. The van der Waals surface area contributed by atoms with E-state index >= 15 is 0 Å². The zero-order valence-corrected chi connectivity index (χ0v) is 18.3. The molecule has 0 aliphatic carbocycles. The largest absolute Gasteiger partial charge is 0.354 e. The van der Waals surface area contributed by atoms with E-state index in [1.165, 1.54) is 0 Å². The number of nitrogens with one attached hydrogen (secondary N) is 2. The van der Waals surface area contributed by atoms with Crippen LogP contribution in [0.1, 0.15) is 24.2 Å². The number of hydrogen-bond acceptors (Lipinski definition) is 3. The minimum atomic E-state index is -0.161. The highest BCUT2D eigenvalue weighted by atomic mass is 127. The van der Waals surface area contributed by atoms with Gasteiger partial charge in [0.25, 0.3) is 5.91 Å². The number of pyridine rings is 1. The number of likely N-dealkylation sites (N-methyl/N-ethyl adjacent to an activating group) is 1. The Morgan fingerprint density at radius 3 is 2.56 bits per heavy atom. The van der Waals surface area contributed by atoms with E-state index in [4.69, 9.17) is 0 Å². The summed E-state index contributed by atoms with van der Waals surface area (Å²) in [5.74, 6) is -0.161. The minimum absolute atomic E-state index is 0. The molecule has 1 heterocycles. The van der Waals surface area contributed by atoms with Crippen molar-refractivity contribution in [3.8, 4) is 0 Å². The van der Waals surface area contributed by atoms with Crippen molar-refractivity contribution in [2.75, 3.05) is 26.2 Å². The number of amides is 1. The summed E-state index contributed by atoms with van der Waals surface area (Å²) in [7, 11) is 0. The molecule has 1 amide bonds. The van der Waals surface area contributed by atoms with Crippen LogP contribution in [0.25, 0.3) is 21.8 Å². The molecule has 27 heavy (non-hydrogen) atoms. The second-order valence-corrected chi connectivity index (χ2v) is 7.40. The number of aromatic nitrogens is 1. The Hall–Kier alpha value is -1.64. The SMILES string of the molecule is CCN(CC)CCNC(=O)c1cc(I)cc2c(=O)c3ccccc3[nH]c12.Cl. The molecule has 1 aromatic heterocycles. The van der Waals surface area contributed by atoms with Gasteiger partial charge in [0.1, 0.15) is 0 Å². The van der Waals surface area contributed by atoms with E-state index in [1.807, 2.05) is 30.3 Å². The fourth-order valence-corrected chi connectivity index (χ4v) is 3.75. The van der Waals surface area contributed by atoms with Crippen molar-refractivity contribution < 1.29 is 4.79 Å². The topological polar surface area (TPSA) is 65.2 Å². The third-order valence-electron chi connectivity index (χ3n) is 4.63. The molecule has 2 aromatic carbocycles. The number of aromatic amines is 1. The Morgan fingerprint density at radius 1 is 1.15 bits per heavy atom. The summed E-state index contributed by atoms with van der Waals surface area (Å²) in [5.41, 5.74) is 1.79. The van der Waals surface area contributed by atoms with Crippen molar-refractivity contribution in [2.45, 2.75) is 13.8 Å². The van der Waals surface area contributed by atoms with Crippen LogP contribution in [0.4, 0.5) is 0 Å². The highest BCUT2D eigenvalue weighted by Gasteiger charge is 2.15. The third kappa shape index (κ3) is 4.62.